The van der Waals surface area contributed by atoms with Crippen LogP contribution in [0.4, 0.5) is 0 Å². The normalized spacial score (nSPS) is 10.7. The second-order valence-electron chi connectivity index (χ2n) is 11.7. The first kappa shape index (κ1) is 40.7. The molecule has 0 aliphatic heterocycles. The molecule has 0 radical (unpaired) electrons. The fourth-order valence-corrected chi connectivity index (χ4v) is 4.77. The Morgan fingerprint density at radius 1 is 0.375 bits per heavy atom. The molecular formula is C45H36O11. The summed E-state index contributed by atoms with van der Waals surface area (Å²) in [6.07, 6.45) is 8.52. The molecule has 6 aromatic carbocycles. The Bertz CT molecular complexity index is 2360. The van der Waals surface area contributed by atoms with E-state index in [1.165, 1.54) is 48.6 Å². The van der Waals surface area contributed by atoms with Crippen molar-refractivity contribution >= 4 is 35.6 Å². The Morgan fingerprint density at radius 2 is 0.839 bits per heavy atom. The van der Waals surface area contributed by atoms with Crippen molar-refractivity contribution < 1.29 is 55.2 Å². The maximum Gasteiger partial charge on any atom is 0.200 e. The maximum absolute atomic E-state index is 11.9. The van der Waals surface area contributed by atoms with Gasteiger partial charge in [0.05, 0.1) is 0 Å². The first-order valence-corrected chi connectivity index (χ1v) is 16.7. The third-order valence-corrected chi connectivity index (χ3v) is 7.67. The molecule has 8 N–H and O–H groups in total. The van der Waals surface area contributed by atoms with Gasteiger partial charge >= 0.3 is 0 Å². The van der Waals surface area contributed by atoms with Crippen LogP contribution >= 0.6 is 0 Å². The molecule has 0 unspecified atom stereocenters. The monoisotopic (exact) mass is 752 g/mol. The number of allylic oxidation sites excluding steroid dienone is 3. The highest BCUT2D eigenvalue weighted by Crippen LogP contribution is 2.37. The van der Waals surface area contributed by atoms with Gasteiger partial charge in [0, 0.05) is 28.8 Å². The van der Waals surface area contributed by atoms with Crippen LogP contribution < -0.4 is 0 Å². The molecular weight excluding hydrogens is 716 g/mol. The Balaban J connectivity index is 0.000000188. The number of phenolic OH excluding ortho intramolecular Hbond substituents is 8. The molecule has 56 heavy (non-hydrogen) atoms. The second-order valence-corrected chi connectivity index (χ2v) is 11.7. The maximum atomic E-state index is 11.9. The van der Waals surface area contributed by atoms with Crippen LogP contribution in [0.1, 0.15) is 47.8 Å². The summed E-state index contributed by atoms with van der Waals surface area (Å²) in [5, 5.41) is 74.9. The molecule has 0 bridgehead atoms. The van der Waals surface area contributed by atoms with Crippen LogP contribution in [0.15, 0.2) is 152 Å². The molecule has 0 aliphatic rings. The van der Waals surface area contributed by atoms with E-state index in [1.54, 1.807) is 30.3 Å². The molecule has 0 aromatic heterocycles. The molecule has 11 heteroatoms. The lowest BCUT2D eigenvalue weighted by molar-refractivity contribution is 0.103. The van der Waals surface area contributed by atoms with Crippen LogP contribution in [0, 0.1) is 0 Å². The van der Waals surface area contributed by atoms with Crippen molar-refractivity contribution in [3.8, 4) is 46.0 Å². The molecule has 0 aliphatic carbocycles. The molecule has 6 aromatic rings. The number of hydrogen-bond acceptors (Lipinski definition) is 11. The van der Waals surface area contributed by atoms with Gasteiger partial charge in [0.1, 0.15) is 22.8 Å². The second kappa shape index (κ2) is 19.7. The summed E-state index contributed by atoms with van der Waals surface area (Å²) in [7, 11) is 0. The van der Waals surface area contributed by atoms with Crippen molar-refractivity contribution in [2.75, 3.05) is 0 Å². The van der Waals surface area contributed by atoms with Gasteiger partial charge < -0.3 is 40.9 Å². The van der Waals surface area contributed by atoms with Crippen LogP contribution in [-0.4, -0.2) is 58.2 Å². The minimum Gasteiger partial charge on any atom is -0.508 e. The predicted octanol–water partition coefficient (Wildman–Crippen LogP) is 8.39. The molecule has 6 rings (SSSR count). The van der Waals surface area contributed by atoms with Gasteiger partial charge in [-0.1, -0.05) is 109 Å². The zero-order chi connectivity index (χ0) is 40.6. The van der Waals surface area contributed by atoms with E-state index in [0.29, 0.717) is 11.1 Å². The lowest BCUT2D eigenvalue weighted by Gasteiger charge is -2.04. The van der Waals surface area contributed by atoms with E-state index in [2.05, 4.69) is 0 Å². The molecule has 0 amide bonds. The van der Waals surface area contributed by atoms with Crippen LogP contribution in [-0.2, 0) is 0 Å². The number of phenols is 8. The van der Waals surface area contributed by atoms with Gasteiger partial charge in [-0.2, -0.15) is 0 Å². The smallest absolute Gasteiger partial charge is 0.200 e. The van der Waals surface area contributed by atoms with Gasteiger partial charge in [0.15, 0.2) is 40.3 Å². The Kier molecular flexibility index (Phi) is 14.3. The summed E-state index contributed by atoms with van der Waals surface area (Å²) in [5.41, 5.74) is 2.63. The van der Waals surface area contributed by atoms with Crippen LogP contribution in [0.2, 0.25) is 0 Å². The largest absolute Gasteiger partial charge is 0.508 e. The summed E-state index contributed by atoms with van der Waals surface area (Å²) in [4.78, 5) is 35.5. The zero-order valence-electron chi connectivity index (χ0n) is 29.5. The molecule has 282 valence electrons. The summed E-state index contributed by atoms with van der Waals surface area (Å²) >= 11 is 0. The molecule has 0 atom stereocenters. The zero-order valence-corrected chi connectivity index (χ0v) is 29.5. The quantitative estimate of drug-likeness (QED) is 0.0399. The van der Waals surface area contributed by atoms with Crippen molar-refractivity contribution in [2.24, 2.45) is 0 Å². The molecule has 11 nitrogen and oxygen atoms in total. The minimum absolute atomic E-state index is 0.0319. The summed E-state index contributed by atoms with van der Waals surface area (Å²) in [5.74, 6) is -4.42. The van der Waals surface area contributed by atoms with Gasteiger partial charge in [-0.3, -0.25) is 14.4 Å². The first-order chi connectivity index (χ1) is 26.8. The van der Waals surface area contributed by atoms with E-state index in [1.807, 2.05) is 72.8 Å². The average molecular weight is 753 g/mol. The van der Waals surface area contributed by atoms with Gasteiger partial charge in [-0.05, 0) is 59.7 Å². The Labute approximate surface area is 321 Å². The van der Waals surface area contributed by atoms with E-state index in [9.17, 15) is 45.0 Å². The number of hydrogen-bond donors (Lipinski definition) is 8. The third kappa shape index (κ3) is 11.7. The summed E-state index contributed by atoms with van der Waals surface area (Å²) in [6, 6.07) is 36.2. The number of carbonyl (C=O) groups is 3. The highest BCUT2D eigenvalue weighted by Gasteiger charge is 2.15. The molecule has 0 spiro atoms. The highest BCUT2D eigenvalue weighted by molar-refractivity contribution is 6.10. The number of aromatic hydroxyl groups is 8. The standard InChI is InChI=1S/C15H12O6.C15H12O4.C15H12O/c16-9-6-13(20)15(14(21)7-9)11(18)4-2-8-1-3-10(17)12(19)5-8;16-12(10-4-2-1-3-5-10)8-6-11-7-9-13(17)15(19)14(11)18;16-15(14-9-5-2-6-10-14)12-11-13-7-3-1-4-8-13/h1-7,16-17,19-21H;1-9,17-19H;1-12H/b4-2+;8-6+;12-11+. The topological polar surface area (TPSA) is 213 Å². The van der Waals surface area contributed by atoms with Crippen molar-refractivity contribution in [1.82, 2.24) is 0 Å². The Morgan fingerprint density at radius 3 is 1.38 bits per heavy atom. The van der Waals surface area contributed by atoms with Crippen molar-refractivity contribution in [1.29, 1.82) is 0 Å². The van der Waals surface area contributed by atoms with Gasteiger partial charge in [-0.25, -0.2) is 0 Å². The van der Waals surface area contributed by atoms with Crippen LogP contribution in [0.5, 0.6) is 46.0 Å². The van der Waals surface area contributed by atoms with Crippen molar-refractivity contribution in [2.45, 2.75) is 0 Å². The molecule has 0 fully saturated rings. The molecule has 0 saturated heterocycles. The van der Waals surface area contributed by atoms with E-state index in [-0.39, 0.29) is 39.9 Å². The lowest BCUT2D eigenvalue weighted by atomic mass is 10.1. The number of carbonyl (C=O) groups excluding carboxylic acids is 3. The SMILES string of the molecule is O=C(/C=C/c1ccc(O)c(O)c1)c1c(O)cc(O)cc1O.O=C(/C=C/c1ccc(O)c(O)c1O)c1ccccc1.O=C(/C=C/c1ccccc1)c1ccccc1. The third-order valence-electron chi connectivity index (χ3n) is 7.67. The number of rotatable bonds is 9. The predicted molar refractivity (Wildman–Crippen MR) is 212 cm³/mol. The first-order valence-electron chi connectivity index (χ1n) is 16.7. The minimum atomic E-state index is -0.683. The van der Waals surface area contributed by atoms with Gasteiger partial charge in [-0.15, -0.1) is 0 Å². The molecule has 0 heterocycles. The summed E-state index contributed by atoms with van der Waals surface area (Å²) < 4.78 is 0. The summed E-state index contributed by atoms with van der Waals surface area (Å²) in [6.45, 7) is 0. The fourth-order valence-electron chi connectivity index (χ4n) is 4.77. The van der Waals surface area contributed by atoms with E-state index >= 15 is 0 Å². The van der Waals surface area contributed by atoms with Gasteiger partial charge in [0.2, 0.25) is 5.75 Å². The van der Waals surface area contributed by atoms with Crippen LogP contribution in [0.25, 0.3) is 18.2 Å². The lowest BCUT2D eigenvalue weighted by Crippen LogP contribution is -1.95. The Hall–Kier alpha value is -8.05. The highest BCUT2D eigenvalue weighted by atomic mass is 16.3. The average Bonchev–Trinajstić information content (AvgIpc) is 3.20. The van der Waals surface area contributed by atoms with Crippen LogP contribution in [0.3, 0.4) is 0 Å². The van der Waals surface area contributed by atoms with Crippen molar-refractivity contribution in [3.63, 3.8) is 0 Å². The van der Waals surface area contributed by atoms with Crippen molar-refractivity contribution in [3.05, 3.63) is 185 Å². The number of ketones is 3. The molecule has 0 saturated carbocycles. The van der Waals surface area contributed by atoms with Gasteiger partial charge in [0.25, 0.3) is 0 Å². The number of benzene rings is 6. The van der Waals surface area contributed by atoms with E-state index in [0.717, 1.165) is 29.3 Å². The van der Waals surface area contributed by atoms with E-state index in [4.69, 9.17) is 10.2 Å². The fraction of sp³-hybridized carbons (Fsp3) is 0. The van der Waals surface area contributed by atoms with E-state index < -0.39 is 34.5 Å².